The highest BCUT2D eigenvalue weighted by molar-refractivity contribution is 5.85. The van der Waals surface area contributed by atoms with E-state index in [1.54, 1.807) is 0 Å². The first-order valence-corrected chi connectivity index (χ1v) is 6.37. The maximum atomic E-state index is 12.4. The van der Waals surface area contributed by atoms with Crippen molar-refractivity contribution in [1.82, 2.24) is 15.1 Å². The van der Waals surface area contributed by atoms with E-state index in [0.717, 1.165) is 39.3 Å². The highest BCUT2D eigenvalue weighted by Gasteiger charge is 2.38. The fraction of sp³-hybridized carbons (Fsp3) is 0.917. The van der Waals surface area contributed by atoms with Crippen LogP contribution in [0.2, 0.25) is 0 Å². The van der Waals surface area contributed by atoms with Crippen molar-refractivity contribution >= 4 is 5.91 Å². The summed E-state index contributed by atoms with van der Waals surface area (Å²) >= 11 is 0. The summed E-state index contributed by atoms with van der Waals surface area (Å²) in [5.74, 6) is 0.312. The summed E-state index contributed by atoms with van der Waals surface area (Å²) in [4.78, 5) is 16.8. The second kappa shape index (κ2) is 4.72. The summed E-state index contributed by atoms with van der Waals surface area (Å²) in [6.07, 6.45) is 2.34. The number of hydrogen-bond donors (Lipinski definition) is 1. The second-order valence-electron chi connectivity index (χ2n) is 5.30. The normalized spacial score (nSPS) is 23.8. The zero-order valence-corrected chi connectivity index (χ0v) is 10.5. The molecule has 1 amide bonds. The van der Waals surface area contributed by atoms with Crippen molar-refractivity contribution in [2.24, 2.45) is 0 Å². The van der Waals surface area contributed by atoms with Crippen LogP contribution in [0.4, 0.5) is 0 Å². The Morgan fingerprint density at radius 1 is 1.06 bits per heavy atom. The second-order valence-corrected chi connectivity index (χ2v) is 5.30. The van der Waals surface area contributed by atoms with Crippen LogP contribution >= 0.6 is 0 Å². The van der Waals surface area contributed by atoms with Crippen LogP contribution in [-0.2, 0) is 4.79 Å². The number of likely N-dealkylation sites (tertiary alicyclic amines) is 1. The zero-order chi connectivity index (χ0) is 11.6. The van der Waals surface area contributed by atoms with Crippen molar-refractivity contribution in [3.05, 3.63) is 0 Å². The number of carbonyl (C=O) groups is 1. The summed E-state index contributed by atoms with van der Waals surface area (Å²) in [7, 11) is 0. The highest BCUT2D eigenvalue weighted by Crippen LogP contribution is 2.21. The van der Waals surface area contributed by atoms with Gasteiger partial charge in [0, 0.05) is 39.3 Å². The molecule has 0 atom stereocenters. The van der Waals surface area contributed by atoms with E-state index in [9.17, 15) is 4.79 Å². The lowest BCUT2D eigenvalue weighted by Crippen LogP contribution is -2.60. The van der Waals surface area contributed by atoms with Gasteiger partial charge in [-0.3, -0.25) is 9.69 Å². The van der Waals surface area contributed by atoms with Gasteiger partial charge in [-0.15, -0.1) is 0 Å². The molecule has 92 valence electrons. The molecule has 4 heteroatoms. The van der Waals surface area contributed by atoms with Crippen LogP contribution in [0.25, 0.3) is 0 Å². The van der Waals surface area contributed by atoms with E-state index in [-0.39, 0.29) is 5.54 Å². The van der Waals surface area contributed by atoms with E-state index in [1.165, 1.54) is 12.8 Å². The van der Waals surface area contributed by atoms with Crippen molar-refractivity contribution in [2.45, 2.75) is 32.2 Å². The van der Waals surface area contributed by atoms with Gasteiger partial charge in [-0.2, -0.15) is 0 Å². The van der Waals surface area contributed by atoms with E-state index in [1.807, 2.05) is 4.90 Å². The third kappa shape index (κ3) is 2.23. The number of rotatable bonds is 2. The Labute approximate surface area is 98.0 Å². The summed E-state index contributed by atoms with van der Waals surface area (Å²) in [5.41, 5.74) is -0.327. The fourth-order valence-corrected chi connectivity index (χ4v) is 2.67. The van der Waals surface area contributed by atoms with E-state index in [4.69, 9.17) is 0 Å². The van der Waals surface area contributed by atoms with Gasteiger partial charge in [0.25, 0.3) is 0 Å². The minimum atomic E-state index is -0.327. The van der Waals surface area contributed by atoms with Crippen LogP contribution in [0.3, 0.4) is 0 Å². The first-order valence-electron chi connectivity index (χ1n) is 6.37. The molecule has 2 fully saturated rings. The number of nitrogens with one attached hydrogen (secondary N) is 1. The average molecular weight is 225 g/mol. The Kier molecular flexibility index (Phi) is 3.50. The van der Waals surface area contributed by atoms with Crippen LogP contribution < -0.4 is 5.32 Å². The quantitative estimate of drug-likeness (QED) is 0.734. The molecule has 2 heterocycles. The minimum Gasteiger partial charge on any atom is -0.341 e. The molecule has 0 aromatic rings. The number of nitrogens with zero attached hydrogens (tertiary/aromatic N) is 2. The van der Waals surface area contributed by atoms with E-state index in [0.29, 0.717) is 5.91 Å². The molecule has 0 saturated carbocycles. The van der Waals surface area contributed by atoms with Gasteiger partial charge in [-0.05, 0) is 26.7 Å². The van der Waals surface area contributed by atoms with Gasteiger partial charge in [0.15, 0.2) is 0 Å². The summed E-state index contributed by atoms with van der Waals surface area (Å²) in [6, 6.07) is 0. The van der Waals surface area contributed by atoms with Gasteiger partial charge in [0.1, 0.15) is 0 Å². The molecule has 0 aliphatic carbocycles. The molecule has 2 aliphatic heterocycles. The molecule has 2 aliphatic rings. The molecule has 2 rings (SSSR count). The maximum Gasteiger partial charge on any atom is 0.242 e. The van der Waals surface area contributed by atoms with Crippen molar-refractivity contribution in [1.29, 1.82) is 0 Å². The third-order valence-corrected chi connectivity index (χ3v) is 3.82. The first kappa shape index (κ1) is 11.9. The standard InChI is InChI=1S/C12H23N3O/c1-12(2,15-9-5-13-6-10-15)11(16)14-7-3-4-8-14/h13H,3-10H2,1-2H3. The Hall–Kier alpha value is -0.610. The van der Waals surface area contributed by atoms with Gasteiger partial charge < -0.3 is 10.2 Å². The largest absolute Gasteiger partial charge is 0.341 e. The zero-order valence-electron chi connectivity index (χ0n) is 10.5. The number of amides is 1. The third-order valence-electron chi connectivity index (χ3n) is 3.82. The molecule has 0 spiro atoms. The van der Waals surface area contributed by atoms with Crippen LogP contribution in [0.1, 0.15) is 26.7 Å². The van der Waals surface area contributed by atoms with Gasteiger partial charge in [-0.25, -0.2) is 0 Å². The summed E-state index contributed by atoms with van der Waals surface area (Å²) in [5, 5.41) is 3.33. The van der Waals surface area contributed by atoms with E-state index < -0.39 is 0 Å². The predicted molar refractivity (Wildman–Crippen MR) is 64.3 cm³/mol. The maximum absolute atomic E-state index is 12.4. The Morgan fingerprint density at radius 3 is 2.19 bits per heavy atom. The van der Waals surface area contributed by atoms with Crippen LogP contribution in [-0.4, -0.2) is 60.5 Å². The lowest BCUT2D eigenvalue weighted by Gasteiger charge is -2.41. The van der Waals surface area contributed by atoms with E-state index in [2.05, 4.69) is 24.1 Å². The van der Waals surface area contributed by atoms with Crippen LogP contribution in [0.15, 0.2) is 0 Å². The monoisotopic (exact) mass is 225 g/mol. The molecule has 0 unspecified atom stereocenters. The molecular weight excluding hydrogens is 202 g/mol. The van der Waals surface area contributed by atoms with Gasteiger partial charge in [0.2, 0.25) is 5.91 Å². The number of piperazine rings is 1. The predicted octanol–water partition coefficient (Wildman–Crippen LogP) is 0.293. The van der Waals surface area contributed by atoms with Gasteiger partial charge >= 0.3 is 0 Å². The van der Waals surface area contributed by atoms with Crippen molar-refractivity contribution in [3.63, 3.8) is 0 Å². The molecular formula is C12H23N3O. The SMILES string of the molecule is CC(C)(C(=O)N1CCCC1)N1CCNCC1. The minimum absolute atomic E-state index is 0.312. The average Bonchev–Trinajstić information content (AvgIpc) is 2.82. The summed E-state index contributed by atoms with van der Waals surface area (Å²) in [6.45, 7) is 9.99. The van der Waals surface area contributed by atoms with Crippen LogP contribution in [0, 0.1) is 0 Å². The Balaban J connectivity index is 2.01. The molecule has 0 aromatic carbocycles. The van der Waals surface area contributed by atoms with Crippen molar-refractivity contribution < 1.29 is 4.79 Å². The van der Waals surface area contributed by atoms with Crippen molar-refractivity contribution in [2.75, 3.05) is 39.3 Å². The topological polar surface area (TPSA) is 35.6 Å². The van der Waals surface area contributed by atoms with E-state index >= 15 is 0 Å². The molecule has 0 radical (unpaired) electrons. The molecule has 0 aromatic heterocycles. The first-order chi connectivity index (χ1) is 7.62. The van der Waals surface area contributed by atoms with Gasteiger partial charge in [0.05, 0.1) is 5.54 Å². The number of carbonyl (C=O) groups excluding carboxylic acids is 1. The smallest absolute Gasteiger partial charge is 0.242 e. The molecule has 1 N–H and O–H groups in total. The molecule has 2 saturated heterocycles. The molecule has 0 bridgehead atoms. The number of hydrogen-bond acceptors (Lipinski definition) is 3. The molecule has 4 nitrogen and oxygen atoms in total. The lowest BCUT2D eigenvalue weighted by molar-refractivity contribution is -0.142. The Morgan fingerprint density at radius 2 is 1.62 bits per heavy atom. The van der Waals surface area contributed by atoms with Crippen molar-refractivity contribution in [3.8, 4) is 0 Å². The van der Waals surface area contributed by atoms with Crippen LogP contribution in [0.5, 0.6) is 0 Å². The lowest BCUT2D eigenvalue weighted by atomic mass is 9.99. The fourth-order valence-electron chi connectivity index (χ4n) is 2.67. The molecule has 16 heavy (non-hydrogen) atoms. The highest BCUT2D eigenvalue weighted by atomic mass is 16.2. The Bertz CT molecular complexity index is 253. The van der Waals surface area contributed by atoms with Gasteiger partial charge in [-0.1, -0.05) is 0 Å². The summed E-state index contributed by atoms with van der Waals surface area (Å²) < 4.78 is 0.